The van der Waals surface area contributed by atoms with Crippen LogP contribution in [0.5, 0.6) is 0 Å². The Balaban J connectivity index is 2.13. The Kier molecular flexibility index (Phi) is 7.51. The summed E-state index contributed by atoms with van der Waals surface area (Å²) in [6.45, 7) is 6.22. The van der Waals surface area contributed by atoms with E-state index in [0.717, 1.165) is 19.1 Å². The summed E-state index contributed by atoms with van der Waals surface area (Å²) in [5, 5.41) is 9.10. The summed E-state index contributed by atoms with van der Waals surface area (Å²) in [5.74, 6) is 0.562. The number of alkyl carbamates (subject to hydrolysis) is 1. The second-order valence-electron chi connectivity index (χ2n) is 8.40. The van der Waals surface area contributed by atoms with Crippen LogP contribution in [0.4, 0.5) is 16.2 Å². The highest BCUT2D eigenvalue weighted by Gasteiger charge is 2.24. The monoisotopic (exact) mass is 425 g/mol. The van der Waals surface area contributed by atoms with Crippen molar-refractivity contribution < 1.29 is 22.7 Å². The van der Waals surface area contributed by atoms with E-state index in [1.807, 2.05) is 0 Å². The average molecular weight is 426 g/mol. The lowest BCUT2D eigenvalue weighted by Gasteiger charge is -2.24. The number of benzene rings is 1. The van der Waals surface area contributed by atoms with Crippen LogP contribution in [0.25, 0.3) is 0 Å². The molecule has 9 heteroatoms. The molecule has 1 saturated carbocycles. The van der Waals surface area contributed by atoms with Crippen LogP contribution in [0, 0.1) is 5.92 Å². The van der Waals surface area contributed by atoms with Gasteiger partial charge in [-0.3, -0.25) is 0 Å². The molecule has 1 atom stereocenters. The predicted octanol–water partition coefficient (Wildman–Crippen LogP) is 2.81. The van der Waals surface area contributed by atoms with Gasteiger partial charge < -0.3 is 25.5 Å². The fourth-order valence-electron chi connectivity index (χ4n) is 2.75. The number of carbonyl (C=O) groups excluding carboxylic acids is 2. The van der Waals surface area contributed by atoms with E-state index < -0.39 is 27.6 Å². The molecule has 1 unspecified atom stereocenters. The molecule has 0 saturated heterocycles. The van der Waals surface area contributed by atoms with Gasteiger partial charge in [-0.1, -0.05) is 6.07 Å². The average Bonchev–Trinajstić information content (AvgIpc) is 3.40. The highest BCUT2D eigenvalue weighted by molar-refractivity contribution is 7.90. The molecule has 1 fully saturated rings. The number of carbonyl (C=O) groups is 2. The third-order valence-electron chi connectivity index (χ3n) is 4.33. The fraction of sp³-hybridized carbons (Fsp3) is 0.600. The van der Waals surface area contributed by atoms with Gasteiger partial charge in [0, 0.05) is 25.8 Å². The number of para-hydroxylation sites is 1. The Morgan fingerprint density at radius 1 is 1.28 bits per heavy atom. The number of hydrogen-bond donors (Lipinski definition) is 3. The van der Waals surface area contributed by atoms with E-state index in [4.69, 9.17) is 4.74 Å². The first kappa shape index (κ1) is 23.0. The maximum atomic E-state index is 12.2. The molecule has 0 heterocycles. The first-order valence-corrected chi connectivity index (χ1v) is 11.6. The van der Waals surface area contributed by atoms with Crippen molar-refractivity contribution in [3.8, 4) is 0 Å². The molecule has 1 aromatic carbocycles. The molecule has 8 nitrogen and oxygen atoms in total. The van der Waals surface area contributed by atoms with E-state index in [2.05, 4.69) is 16.0 Å². The standard InChI is InChI=1S/C20H31N3O5S/c1-20(2,3)28-19(25)23-15(10-11-24)13-21-16-6-5-7-17(29(4,26)27)18(16)22-12-14-8-9-14/h5-7,11,14-15,21-22H,8-10,12-13H2,1-4H3,(H,23,25). The molecule has 1 amide bonds. The number of nitrogens with one attached hydrogen (secondary N) is 3. The number of aldehydes is 1. The summed E-state index contributed by atoms with van der Waals surface area (Å²) in [5.41, 5.74) is 0.479. The molecule has 162 valence electrons. The number of rotatable bonds is 10. The molecule has 1 aliphatic rings. The van der Waals surface area contributed by atoms with Crippen molar-refractivity contribution in [1.29, 1.82) is 0 Å². The number of anilines is 2. The fourth-order valence-corrected chi connectivity index (χ4v) is 3.63. The van der Waals surface area contributed by atoms with Crippen molar-refractivity contribution >= 4 is 33.6 Å². The van der Waals surface area contributed by atoms with Crippen LogP contribution in [0.15, 0.2) is 23.1 Å². The molecule has 0 bridgehead atoms. The van der Waals surface area contributed by atoms with Crippen LogP contribution in [0.2, 0.25) is 0 Å². The molecule has 0 aromatic heterocycles. The zero-order chi connectivity index (χ0) is 21.7. The van der Waals surface area contributed by atoms with Crippen molar-refractivity contribution in [3.63, 3.8) is 0 Å². The lowest BCUT2D eigenvalue weighted by atomic mass is 10.2. The van der Waals surface area contributed by atoms with Gasteiger partial charge in [0.15, 0.2) is 9.84 Å². The van der Waals surface area contributed by atoms with Gasteiger partial charge in [0.2, 0.25) is 0 Å². The second-order valence-corrected chi connectivity index (χ2v) is 10.4. The Labute approximate surface area is 172 Å². The van der Waals surface area contributed by atoms with Crippen LogP contribution in [0.1, 0.15) is 40.0 Å². The maximum absolute atomic E-state index is 12.2. The van der Waals surface area contributed by atoms with Gasteiger partial charge in [-0.05, 0) is 51.7 Å². The zero-order valence-electron chi connectivity index (χ0n) is 17.4. The van der Waals surface area contributed by atoms with Crippen molar-refractivity contribution in [2.24, 2.45) is 5.92 Å². The van der Waals surface area contributed by atoms with Crippen LogP contribution < -0.4 is 16.0 Å². The van der Waals surface area contributed by atoms with Gasteiger partial charge in [0.05, 0.1) is 22.3 Å². The van der Waals surface area contributed by atoms with E-state index in [0.29, 0.717) is 23.8 Å². The Morgan fingerprint density at radius 3 is 2.52 bits per heavy atom. The number of hydrogen-bond acceptors (Lipinski definition) is 7. The van der Waals surface area contributed by atoms with E-state index in [1.165, 1.54) is 6.26 Å². The summed E-state index contributed by atoms with van der Waals surface area (Å²) in [6.07, 6.45) is 3.67. The van der Waals surface area contributed by atoms with Gasteiger partial charge in [-0.25, -0.2) is 13.2 Å². The van der Waals surface area contributed by atoms with Crippen LogP contribution in [0.3, 0.4) is 0 Å². The quantitative estimate of drug-likeness (QED) is 0.494. The summed E-state index contributed by atoms with van der Waals surface area (Å²) in [4.78, 5) is 23.3. The molecular weight excluding hydrogens is 394 g/mol. The number of ether oxygens (including phenoxy) is 1. The third kappa shape index (κ3) is 7.92. The molecule has 3 N–H and O–H groups in total. The molecule has 2 rings (SSSR count). The van der Waals surface area contributed by atoms with Crippen LogP contribution in [-0.4, -0.2) is 51.8 Å². The molecule has 1 aromatic rings. The SMILES string of the molecule is CC(C)(C)OC(=O)NC(CC=O)CNc1cccc(S(C)(=O)=O)c1NCC1CC1. The smallest absolute Gasteiger partial charge is 0.407 e. The lowest BCUT2D eigenvalue weighted by Crippen LogP contribution is -2.42. The Hall–Kier alpha value is -2.29. The van der Waals surface area contributed by atoms with Gasteiger partial charge in [-0.15, -0.1) is 0 Å². The van der Waals surface area contributed by atoms with Crippen molar-refractivity contribution in [2.75, 3.05) is 30.0 Å². The van der Waals surface area contributed by atoms with Crippen molar-refractivity contribution in [1.82, 2.24) is 5.32 Å². The Morgan fingerprint density at radius 2 is 1.97 bits per heavy atom. The largest absolute Gasteiger partial charge is 0.444 e. The second kappa shape index (κ2) is 9.47. The minimum Gasteiger partial charge on any atom is -0.444 e. The molecular formula is C20H31N3O5S. The van der Waals surface area contributed by atoms with Gasteiger partial charge in [-0.2, -0.15) is 0 Å². The van der Waals surface area contributed by atoms with Gasteiger partial charge >= 0.3 is 6.09 Å². The number of amides is 1. The normalized spacial score (nSPS) is 15.3. The van der Waals surface area contributed by atoms with E-state index in [9.17, 15) is 18.0 Å². The summed E-state index contributed by atoms with van der Waals surface area (Å²) >= 11 is 0. The Bertz CT molecular complexity index is 829. The minimum absolute atomic E-state index is 0.100. The highest BCUT2D eigenvalue weighted by atomic mass is 32.2. The van der Waals surface area contributed by atoms with E-state index in [1.54, 1.807) is 39.0 Å². The zero-order valence-corrected chi connectivity index (χ0v) is 18.3. The topological polar surface area (TPSA) is 114 Å². The first-order chi connectivity index (χ1) is 13.5. The summed E-state index contributed by atoms with van der Waals surface area (Å²) in [6, 6.07) is 4.50. The van der Waals surface area contributed by atoms with E-state index >= 15 is 0 Å². The van der Waals surface area contributed by atoms with Gasteiger partial charge in [0.25, 0.3) is 0 Å². The highest BCUT2D eigenvalue weighted by Crippen LogP contribution is 2.33. The van der Waals surface area contributed by atoms with Crippen LogP contribution >= 0.6 is 0 Å². The van der Waals surface area contributed by atoms with Gasteiger partial charge in [0.1, 0.15) is 11.9 Å². The van der Waals surface area contributed by atoms with Crippen LogP contribution in [-0.2, 0) is 19.4 Å². The van der Waals surface area contributed by atoms with Crippen molar-refractivity contribution in [3.05, 3.63) is 18.2 Å². The number of sulfone groups is 1. The van der Waals surface area contributed by atoms with E-state index in [-0.39, 0.29) is 17.9 Å². The first-order valence-electron chi connectivity index (χ1n) is 9.73. The summed E-state index contributed by atoms with van der Waals surface area (Å²) < 4.78 is 29.6. The minimum atomic E-state index is -3.42. The maximum Gasteiger partial charge on any atom is 0.407 e. The third-order valence-corrected chi connectivity index (χ3v) is 5.47. The molecule has 1 aliphatic carbocycles. The van der Waals surface area contributed by atoms with Crippen molar-refractivity contribution in [2.45, 2.75) is 56.6 Å². The lowest BCUT2D eigenvalue weighted by molar-refractivity contribution is -0.108. The molecule has 29 heavy (non-hydrogen) atoms. The molecule has 0 radical (unpaired) electrons. The summed E-state index contributed by atoms with van der Waals surface area (Å²) in [7, 11) is -3.42. The molecule has 0 spiro atoms. The molecule has 0 aliphatic heterocycles. The predicted molar refractivity (Wildman–Crippen MR) is 113 cm³/mol.